The predicted molar refractivity (Wildman–Crippen MR) is 58.5 cm³/mol. The average Bonchev–Trinajstić information content (AvgIpc) is 2.54. The van der Waals surface area contributed by atoms with Gasteiger partial charge in [-0.05, 0) is 12.1 Å². The van der Waals surface area contributed by atoms with Crippen LogP contribution in [0.2, 0.25) is 0 Å². The molecule has 0 aromatic heterocycles. The molecule has 1 aliphatic rings. The van der Waals surface area contributed by atoms with E-state index < -0.39 is 22.9 Å². The van der Waals surface area contributed by atoms with E-state index in [1.807, 2.05) is 0 Å². The molecule has 0 saturated carbocycles. The minimum Gasteiger partial charge on any atom is -0.306 e. The smallest absolute Gasteiger partial charge is 0.285 e. The van der Waals surface area contributed by atoms with E-state index in [-0.39, 0.29) is 23.5 Å². The summed E-state index contributed by atoms with van der Waals surface area (Å²) in [6, 6.07) is 6.36. The van der Waals surface area contributed by atoms with Gasteiger partial charge < -0.3 is 4.55 Å². The molecule has 0 spiro atoms. The van der Waals surface area contributed by atoms with Crippen LogP contribution in [0.4, 0.5) is 0 Å². The molecular weight excluding hydrogens is 246 g/mol. The number of carbonyl (C=O) groups excluding carboxylic acids is 2. The van der Waals surface area contributed by atoms with Crippen LogP contribution in [-0.2, 0) is 15.9 Å². The van der Waals surface area contributed by atoms with Crippen molar-refractivity contribution in [2.24, 2.45) is 0 Å². The highest BCUT2D eigenvalue weighted by molar-refractivity contribution is 7.79. The average molecular weight is 255 g/mol. The number of fused-ring (bicyclic) bond motifs is 1. The van der Waals surface area contributed by atoms with Gasteiger partial charge in [-0.25, -0.2) is 4.21 Å². The van der Waals surface area contributed by atoms with Crippen LogP contribution in [0.1, 0.15) is 20.7 Å². The molecule has 0 saturated heterocycles. The summed E-state index contributed by atoms with van der Waals surface area (Å²) in [6.07, 6.45) is 0. The van der Waals surface area contributed by atoms with E-state index >= 15 is 0 Å². The van der Waals surface area contributed by atoms with Gasteiger partial charge in [0.1, 0.15) is 0 Å². The second kappa shape index (κ2) is 4.74. The lowest BCUT2D eigenvalue weighted by Crippen LogP contribution is -2.31. The lowest BCUT2D eigenvalue weighted by molar-refractivity contribution is -0.0856. The summed E-state index contributed by atoms with van der Waals surface area (Å²) < 4.78 is 18.9. The Bertz CT molecular complexity index is 466. The van der Waals surface area contributed by atoms with Crippen molar-refractivity contribution < 1.29 is 23.2 Å². The highest BCUT2D eigenvalue weighted by atomic mass is 32.2. The van der Waals surface area contributed by atoms with Gasteiger partial charge in [0.2, 0.25) is 0 Å². The molecular formula is C10H9NO5S. The van der Waals surface area contributed by atoms with Crippen molar-refractivity contribution in [2.75, 3.05) is 12.4 Å². The van der Waals surface area contributed by atoms with Gasteiger partial charge in [0, 0.05) is 0 Å². The summed E-state index contributed by atoms with van der Waals surface area (Å²) in [5, 5.41) is 0.623. The summed E-state index contributed by atoms with van der Waals surface area (Å²) in [5.74, 6) is -1.25. The van der Waals surface area contributed by atoms with Crippen molar-refractivity contribution in [3.63, 3.8) is 0 Å². The third-order valence-corrected chi connectivity index (χ3v) is 2.75. The monoisotopic (exact) mass is 255 g/mol. The van der Waals surface area contributed by atoms with E-state index in [1.165, 1.54) is 12.1 Å². The molecule has 90 valence electrons. The van der Waals surface area contributed by atoms with Crippen molar-refractivity contribution in [3.05, 3.63) is 35.4 Å². The highest BCUT2D eigenvalue weighted by Crippen LogP contribution is 2.22. The summed E-state index contributed by atoms with van der Waals surface area (Å²) in [7, 11) is 0. The van der Waals surface area contributed by atoms with Crippen LogP contribution < -0.4 is 0 Å². The number of nitrogens with zero attached hydrogens (tertiary/aromatic N) is 1. The molecule has 7 heteroatoms. The summed E-state index contributed by atoms with van der Waals surface area (Å²) >= 11 is -2.01. The summed E-state index contributed by atoms with van der Waals surface area (Å²) in [4.78, 5) is 28.4. The first kappa shape index (κ1) is 11.9. The Kier molecular flexibility index (Phi) is 3.32. The third kappa shape index (κ3) is 2.26. The fraction of sp³-hybridized carbons (Fsp3) is 0.200. The number of hydroxylamine groups is 2. The normalized spacial score (nSPS) is 16.2. The molecule has 1 aromatic rings. The number of amides is 2. The molecule has 0 radical (unpaired) electrons. The molecule has 1 aliphatic heterocycles. The second-order valence-electron chi connectivity index (χ2n) is 3.31. The van der Waals surface area contributed by atoms with Crippen molar-refractivity contribution >= 4 is 22.9 Å². The zero-order valence-electron chi connectivity index (χ0n) is 8.66. The Morgan fingerprint density at radius 2 is 1.71 bits per heavy atom. The number of hydrogen-bond acceptors (Lipinski definition) is 4. The zero-order chi connectivity index (χ0) is 12.4. The van der Waals surface area contributed by atoms with Crippen LogP contribution in [0.25, 0.3) is 0 Å². The molecule has 1 N–H and O–H groups in total. The summed E-state index contributed by atoms with van der Waals surface area (Å²) in [5.41, 5.74) is 0.560. The van der Waals surface area contributed by atoms with Gasteiger partial charge in [0.15, 0.2) is 11.1 Å². The molecule has 2 rings (SSSR count). The Labute approximate surface area is 99.4 Å². The number of benzene rings is 1. The molecule has 17 heavy (non-hydrogen) atoms. The van der Waals surface area contributed by atoms with Crippen LogP contribution >= 0.6 is 0 Å². The lowest BCUT2D eigenvalue weighted by Gasteiger charge is -2.12. The van der Waals surface area contributed by atoms with Crippen molar-refractivity contribution in [1.29, 1.82) is 0 Å². The zero-order valence-corrected chi connectivity index (χ0v) is 9.48. The van der Waals surface area contributed by atoms with Crippen molar-refractivity contribution in [2.45, 2.75) is 0 Å². The molecule has 0 fully saturated rings. The van der Waals surface area contributed by atoms with E-state index in [9.17, 15) is 13.8 Å². The number of rotatable bonds is 4. The van der Waals surface area contributed by atoms with Crippen LogP contribution in [0.3, 0.4) is 0 Å². The molecule has 1 aromatic carbocycles. The standard InChI is InChI=1S/C10H9NO5S/c12-9-7-3-1-2-4-8(7)10(13)11(9)16-5-6-17(14)15/h1-4H,5-6H2,(H,14,15). The molecule has 1 heterocycles. The first-order chi connectivity index (χ1) is 8.11. The Hall–Kier alpha value is -1.57. The van der Waals surface area contributed by atoms with Crippen LogP contribution in [0.5, 0.6) is 0 Å². The fourth-order valence-electron chi connectivity index (χ4n) is 1.48. The first-order valence-corrected chi connectivity index (χ1v) is 6.07. The summed E-state index contributed by atoms with van der Waals surface area (Å²) in [6.45, 7) is -0.172. The Morgan fingerprint density at radius 1 is 1.18 bits per heavy atom. The minimum absolute atomic E-state index is 0.159. The van der Waals surface area contributed by atoms with Crippen molar-refractivity contribution in [3.8, 4) is 0 Å². The van der Waals surface area contributed by atoms with Gasteiger partial charge in [0.25, 0.3) is 11.8 Å². The maximum absolute atomic E-state index is 11.7. The molecule has 0 aliphatic carbocycles. The Balaban J connectivity index is 2.11. The van der Waals surface area contributed by atoms with Crippen LogP contribution in [-0.4, -0.2) is 38.0 Å². The van der Waals surface area contributed by atoms with Gasteiger partial charge in [-0.1, -0.05) is 12.1 Å². The number of imide groups is 1. The van der Waals surface area contributed by atoms with Gasteiger partial charge >= 0.3 is 0 Å². The van der Waals surface area contributed by atoms with Gasteiger partial charge in [-0.15, -0.1) is 5.06 Å². The predicted octanol–water partition coefficient (Wildman–Crippen LogP) is 0.436. The van der Waals surface area contributed by atoms with E-state index in [1.54, 1.807) is 12.1 Å². The third-order valence-electron chi connectivity index (χ3n) is 2.24. The van der Waals surface area contributed by atoms with E-state index in [0.29, 0.717) is 5.06 Å². The van der Waals surface area contributed by atoms with Gasteiger partial charge in [-0.3, -0.25) is 14.4 Å². The molecule has 2 amide bonds. The fourth-order valence-corrected chi connectivity index (χ4v) is 1.70. The quantitative estimate of drug-likeness (QED) is 0.623. The highest BCUT2D eigenvalue weighted by Gasteiger charge is 2.36. The molecule has 6 nitrogen and oxygen atoms in total. The minimum atomic E-state index is -2.01. The van der Waals surface area contributed by atoms with Crippen LogP contribution in [0, 0.1) is 0 Å². The largest absolute Gasteiger partial charge is 0.306 e. The Morgan fingerprint density at radius 3 is 2.18 bits per heavy atom. The molecule has 1 unspecified atom stereocenters. The number of carbonyl (C=O) groups is 2. The van der Waals surface area contributed by atoms with E-state index in [4.69, 9.17) is 9.39 Å². The van der Waals surface area contributed by atoms with E-state index in [2.05, 4.69) is 0 Å². The topological polar surface area (TPSA) is 83.9 Å². The van der Waals surface area contributed by atoms with Crippen LogP contribution in [0.15, 0.2) is 24.3 Å². The van der Waals surface area contributed by atoms with Crippen molar-refractivity contribution in [1.82, 2.24) is 5.06 Å². The van der Waals surface area contributed by atoms with E-state index in [0.717, 1.165) is 0 Å². The molecule has 1 atom stereocenters. The second-order valence-corrected chi connectivity index (χ2v) is 4.36. The lowest BCUT2D eigenvalue weighted by atomic mass is 10.1. The maximum Gasteiger partial charge on any atom is 0.285 e. The molecule has 0 bridgehead atoms. The van der Waals surface area contributed by atoms with Gasteiger partial charge in [0.05, 0.1) is 23.5 Å². The SMILES string of the molecule is O=C1c2ccccc2C(=O)N1OCCS(=O)O. The first-order valence-electron chi connectivity index (χ1n) is 4.79. The number of hydrogen-bond donors (Lipinski definition) is 1. The van der Waals surface area contributed by atoms with Gasteiger partial charge in [-0.2, -0.15) is 0 Å². The maximum atomic E-state index is 11.7.